The van der Waals surface area contributed by atoms with E-state index >= 15 is 0 Å². The van der Waals surface area contributed by atoms with Gasteiger partial charge in [0.1, 0.15) is 11.5 Å². The van der Waals surface area contributed by atoms with Gasteiger partial charge < -0.3 is 9.88 Å². The van der Waals surface area contributed by atoms with Gasteiger partial charge >= 0.3 is 0 Å². The summed E-state index contributed by atoms with van der Waals surface area (Å²) in [6.07, 6.45) is 3.73. The monoisotopic (exact) mass is 329 g/mol. The second-order valence-corrected chi connectivity index (χ2v) is 6.37. The molecule has 0 saturated carbocycles. The normalized spacial score (nSPS) is 17.9. The molecule has 1 fully saturated rings. The number of hydrogen-bond acceptors (Lipinski definition) is 4. The zero-order chi connectivity index (χ0) is 17.1. The molecule has 7 nitrogen and oxygen atoms in total. The minimum absolute atomic E-state index is 0.0557. The number of aromatic nitrogens is 4. The van der Waals surface area contributed by atoms with Crippen molar-refractivity contribution in [2.45, 2.75) is 45.4 Å². The summed E-state index contributed by atoms with van der Waals surface area (Å²) >= 11 is 0. The smallest absolute Gasteiger partial charge is 0.274 e. The highest BCUT2D eigenvalue weighted by Crippen LogP contribution is 2.25. The number of aromatic amines is 2. The number of aryl methyl sites for hydroxylation is 2. The number of likely N-dealkylation sites (tertiary alicyclic amines) is 1. The quantitative estimate of drug-likeness (QED) is 0.894. The summed E-state index contributed by atoms with van der Waals surface area (Å²) in [5.74, 6) is 0.648. The van der Waals surface area contributed by atoms with Gasteiger partial charge in [0, 0.05) is 30.8 Å². The van der Waals surface area contributed by atoms with Crippen LogP contribution in [-0.2, 0) is 6.42 Å². The molecule has 1 amide bonds. The van der Waals surface area contributed by atoms with Crippen molar-refractivity contribution in [3.8, 4) is 0 Å². The highest BCUT2D eigenvalue weighted by Gasteiger charge is 2.27. The molecule has 1 aliphatic rings. The third kappa shape index (κ3) is 3.55. The summed E-state index contributed by atoms with van der Waals surface area (Å²) in [6, 6.07) is 3.38. The molecule has 128 valence electrons. The maximum atomic E-state index is 12.7. The molecule has 0 unspecified atom stereocenters. The van der Waals surface area contributed by atoms with Crippen LogP contribution in [0.15, 0.2) is 16.9 Å². The molecule has 0 aromatic carbocycles. The summed E-state index contributed by atoms with van der Waals surface area (Å²) < 4.78 is 0. The first-order valence-corrected chi connectivity index (χ1v) is 8.48. The molecule has 2 N–H and O–H groups in total. The molecule has 7 heteroatoms. The van der Waals surface area contributed by atoms with Crippen LogP contribution in [0.25, 0.3) is 0 Å². The van der Waals surface area contributed by atoms with Crippen molar-refractivity contribution in [2.75, 3.05) is 13.1 Å². The topological polar surface area (TPSA) is 94.7 Å². The molecule has 1 atom stereocenters. The van der Waals surface area contributed by atoms with Gasteiger partial charge in [-0.3, -0.25) is 14.7 Å². The lowest BCUT2D eigenvalue weighted by Crippen LogP contribution is -2.39. The summed E-state index contributed by atoms with van der Waals surface area (Å²) in [7, 11) is 0. The van der Waals surface area contributed by atoms with Crippen molar-refractivity contribution in [3.05, 3.63) is 45.4 Å². The summed E-state index contributed by atoms with van der Waals surface area (Å²) in [5.41, 5.74) is 2.08. The fraction of sp³-hybridized carbons (Fsp3) is 0.529. The Morgan fingerprint density at radius 1 is 1.42 bits per heavy atom. The number of H-pyrrole nitrogens is 2. The van der Waals surface area contributed by atoms with Gasteiger partial charge in [0.15, 0.2) is 0 Å². The molecular weight excluding hydrogens is 306 g/mol. The number of carbonyl (C=O) groups excluding carboxylic acids is 1. The third-order valence-electron chi connectivity index (χ3n) is 4.38. The Morgan fingerprint density at radius 3 is 3.00 bits per heavy atom. The fourth-order valence-corrected chi connectivity index (χ4v) is 3.25. The van der Waals surface area contributed by atoms with E-state index in [2.05, 4.69) is 27.1 Å². The van der Waals surface area contributed by atoms with Crippen molar-refractivity contribution >= 4 is 5.91 Å². The average Bonchev–Trinajstić information content (AvgIpc) is 3.02. The highest BCUT2D eigenvalue weighted by molar-refractivity contribution is 5.92. The standard InChI is InChI=1S/C17H23N5O2/c1-3-5-13-8-15(21-20-13)17(24)22-7-4-6-12(10-22)14-9-16(23)19-11(2)18-14/h8-9,12H,3-7,10H2,1-2H3,(H,20,21)(H,18,19,23)/t12-/m0/s1. The Kier molecular flexibility index (Phi) is 4.78. The van der Waals surface area contributed by atoms with Crippen LogP contribution in [0.4, 0.5) is 0 Å². The first kappa shape index (κ1) is 16.4. The van der Waals surface area contributed by atoms with Gasteiger partial charge in [-0.2, -0.15) is 5.10 Å². The minimum atomic E-state index is -0.141. The van der Waals surface area contributed by atoms with Gasteiger partial charge in [-0.1, -0.05) is 13.3 Å². The first-order valence-electron chi connectivity index (χ1n) is 8.48. The van der Waals surface area contributed by atoms with Gasteiger partial charge in [0.25, 0.3) is 11.5 Å². The van der Waals surface area contributed by atoms with Crippen molar-refractivity contribution < 1.29 is 4.79 Å². The van der Waals surface area contributed by atoms with Crippen molar-refractivity contribution in [1.82, 2.24) is 25.1 Å². The lowest BCUT2D eigenvalue weighted by molar-refractivity contribution is 0.0700. The van der Waals surface area contributed by atoms with E-state index < -0.39 is 0 Å². The van der Waals surface area contributed by atoms with E-state index in [1.165, 1.54) is 0 Å². The Hall–Kier alpha value is -2.44. The second-order valence-electron chi connectivity index (χ2n) is 6.37. The van der Waals surface area contributed by atoms with Gasteiger partial charge in [-0.05, 0) is 32.3 Å². The number of amides is 1. The highest BCUT2D eigenvalue weighted by atomic mass is 16.2. The van der Waals surface area contributed by atoms with E-state index in [0.717, 1.165) is 37.1 Å². The second kappa shape index (κ2) is 6.98. The summed E-state index contributed by atoms with van der Waals surface area (Å²) in [5, 5.41) is 7.08. The average molecular weight is 329 g/mol. The molecule has 0 aliphatic carbocycles. The maximum Gasteiger partial charge on any atom is 0.274 e. The number of rotatable bonds is 4. The van der Waals surface area contributed by atoms with Crippen LogP contribution >= 0.6 is 0 Å². The predicted octanol–water partition coefficient (Wildman–Crippen LogP) is 1.77. The van der Waals surface area contributed by atoms with E-state index in [9.17, 15) is 9.59 Å². The van der Waals surface area contributed by atoms with Crippen LogP contribution in [0.3, 0.4) is 0 Å². The number of nitrogens with one attached hydrogen (secondary N) is 2. The van der Waals surface area contributed by atoms with Crippen LogP contribution in [0, 0.1) is 6.92 Å². The zero-order valence-electron chi connectivity index (χ0n) is 14.1. The Labute approximate surface area is 140 Å². The van der Waals surface area contributed by atoms with E-state index in [1.807, 2.05) is 11.0 Å². The largest absolute Gasteiger partial charge is 0.337 e. The van der Waals surface area contributed by atoms with Gasteiger partial charge in [0.05, 0.1) is 5.69 Å². The van der Waals surface area contributed by atoms with Gasteiger partial charge in [-0.15, -0.1) is 0 Å². The number of hydrogen-bond donors (Lipinski definition) is 2. The summed E-state index contributed by atoms with van der Waals surface area (Å²) in [4.78, 5) is 33.3. The molecule has 3 heterocycles. The molecule has 2 aromatic rings. The van der Waals surface area contributed by atoms with Gasteiger partial charge in [-0.25, -0.2) is 4.98 Å². The molecule has 24 heavy (non-hydrogen) atoms. The van der Waals surface area contributed by atoms with Crippen LogP contribution < -0.4 is 5.56 Å². The number of piperidine rings is 1. The van der Waals surface area contributed by atoms with E-state index in [4.69, 9.17) is 0 Å². The van der Waals surface area contributed by atoms with E-state index in [-0.39, 0.29) is 17.4 Å². The zero-order valence-corrected chi connectivity index (χ0v) is 14.1. The molecule has 0 bridgehead atoms. The predicted molar refractivity (Wildman–Crippen MR) is 90.1 cm³/mol. The molecule has 1 aliphatic heterocycles. The molecule has 3 rings (SSSR count). The van der Waals surface area contributed by atoms with Crippen molar-refractivity contribution in [2.24, 2.45) is 0 Å². The maximum absolute atomic E-state index is 12.7. The SMILES string of the molecule is CCCc1cc(C(=O)N2CCC[C@H](c3cc(=O)[nH]c(C)n3)C2)n[nH]1. The van der Waals surface area contributed by atoms with Crippen LogP contribution in [0.5, 0.6) is 0 Å². The Bertz CT molecular complexity index is 779. The van der Waals surface area contributed by atoms with E-state index in [1.54, 1.807) is 13.0 Å². The molecule has 0 spiro atoms. The van der Waals surface area contributed by atoms with Gasteiger partial charge in [0.2, 0.25) is 0 Å². The Morgan fingerprint density at radius 2 is 2.25 bits per heavy atom. The molecular formula is C17H23N5O2. The minimum Gasteiger partial charge on any atom is -0.337 e. The number of carbonyl (C=O) groups is 1. The summed E-state index contributed by atoms with van der Waals surface area (Å²) in [6.45, 7) is 5.15. The lowest BCUT2D eigenvalue weighted by atomic mass is 9.94. The van der Waals surface area contributed by atoms with Crippen LogP contribution in [0.1, 0.15) is 59.8 Å². The first-order chi connectivity index (χ1) is 11.6. The van der Waals surface area contributed by atoms with Crippen LogP contribution in [0.2, 0.25) is 0 Å². The molecule has 0 radical (unpaired) electrons. The fourth-order valence-electron chi connectivity index (χ4n) is 3.25. The van der Waals surface area contributed by atoms with Crippen molar-refractivity contribution in [3.63, 3.8) is 0 Å². The van der Waals surface area contributed by atoms with Crippen LogP contribution in [-0.4, -0.2) is 44.1 Å². The lowest BCUT2D eigenvalue weighted by Gasteiger charge is -2.32. The molecule has 1 saturated heterocycles. The third-order valence-corrected chi connectivity index (χ3v) is 4.38. The number of nitrogens with zero attached hydrogens (tertiary/aromatic N) is 3. The Balaban J connectivity index is 1.74. The molecule has 2 aromatic heterocycles. The van der Waals surface area contributed by atoms with E-state index in [0.29, 0.717) is 24.6 Å². The van der Waals surface area contributed by atoms with Crippen molar-refractivity contribution in [1.29, 1.82) is 0 Å².